The van der Waals surface area contributed by atoms with Crippen LogP contribution >= 0.6 is 0 Å². The van der Waals surface area contributed by atoms with Gasteiger partial charge in [0.15, 0.2) is 0 Å². The van der Waals surface area contributed by atoms with Gasteiger partial charge in [-0.25, -0.2) is 0 Å². The summed E-state index contributed by atoms with van der Waals surface area (Å²) in [7, 11) is 1.68. The zero-order valence-electron chi connectivity index (χ0n) is 5.12. The van der Waals surface area contributed by atoms with Crippen molar-refractivity contribution >= 4 is 0 Å². The van der Waals surface area contributed by atoms with E-state index in [1.165, 1.54) is 0 Å². The summed E-state index contributed by atoms with van der Waals surface area (Å²) in [6.07, 6.45) is 0. The van der Waals surface area contributed by atoms with E-state index in [0.29, 0.717) is 0 Å². The van der Waals surface area contributed by atoms with Gasteiger partial charge in [-0.1, -0.05) is 0 Å². The molecule has 0 spiro atoms. The number of rotatable bonds is 1. The van der Waals surface area contributed by atoms with Crippen molar-refractivity contribution in [2.45, 2.75) is 6.92 Å². The average molecular weight is 84.1 g/mol. The fourth-order valence-electron chi connectivity index (χ4n) is 0. The van der Waals surface area contributed by atoms with Gasteiger partial charge >= 0.3 is 29.6 Å². The summed E-state index contributed by atoms with van der Waals surface area (Å²) in [5.41, 5.74) is 0. The monoisotopic (exact) mass is 84.1 g/mol. The third kappa shape index (κ3) is 11.3. The van der Waals surface area contributed by atoms with Crippen molar-refractivity contribution in [3.63, 3.8) is 0 Å². The first-order valence-corrected chi connectivity index (χ1v) is 1.40. The van der Waals surface area contributed by atoms with Gasteiger partial charge in [0, 0.05) is 13.7 Å². The fourth-order valence-corrected chi connectivity index (χ4v) is 0. The summed E-state index contributed by atoms with van der Waals surface area (Å²) < 4.78 is 4.54. The van der Waals surface area contributed by atoms with Gasteiger partial charge in [-0.05, 0) is 6.92 Å². The minimum atomic E-state index is 0. The fraction of sp³-hybridized carbons (Fsp3) is 1.00. The maximum Gasteiger partial charge on any atom is 1.00 e. The molecule has 5 heavy (non-hydrogen) atoms. The van der Waals surface area contributed by atoms with E-state index in [2.05, 4.69) is 4.74 Å². The molecule has 0 fully saturated rings. The smallest absolute Gasteiger partial charge is 1.00 e. The summed E-state index contributed by atoms with van der Waals surface area (Å²) in [6, 6.07) is 0. The van der Waals surface area contributed by atoms with Gasteiger partial charge in [-0.15, -0.1) is 0 Å². The minimum absolute atomic E-state index is 0. The Bertz CT molecular complexity index is 12.8. The van der Waals surface area contributed by atoms with Gasteiger partial charge in [-0.2, -0.15) is 0 Å². The topological polar surface area (TPSA) is 9.23 Å². The van der Waals surface area contributed by atoms with Crippen molar-refractivity contribution in [3.05, 3.63) is 0 Å². The van der Waals surface area contributed by atoms with Crippen LogP contribution in [0.2, 0.25) is 0 Å². The quantitative estimate of drug-likeness (QED) is 0.327. The molecule has 0 aromatic rings. The second-order valence-corrected chi connectivity index (χ2v) is 0.577. The molecule has 0 aliphatic carbocycles. The summed E-state index contributed by atoms with van der Waals surface area (Å²) in [5, 5.41) is 0. The largest absolute Gasteiger partial charge is 1.00 e. The SMILES string of the molecule is CCOC.[H-].[Na+]. The second kappa shape index (κ2) is 8.88. The number of ether oxygens (including phenoxy) is 1. The van der Waals surface area contributed by atoms with E-state index < -0.39 is 0 Å². The van der Waals surface area contributed by atoms with Gasteiger partial charge in [0.2, 0.25) is 0 Å². The second-order valence-electron chi connectivity index (χ2n) is 0.577. The molecular formula is C3H9NaO. The number of hydrogen-bond acceptors (Lipinski definition) is 1. The Balaban J connectivity index is -0.0000000450. The molecule has 1 nitrogen and oxygen atoms in total. The molecule has 0 aromatic carbocycles. The van der Waals surface area contributed by atoms with Gasteiger partial charge in [0.05, 0.1) is 0 Å². The van der Waals surface area contributed by atoms with Crippen LogP contribution in [-0.2, 0) is 4.74 Å². The van der Waals surface area contributed by atoms with Crippen molar-refractivity contribution in [2.75, 3.05) is 13.7 Å². The normalized spacial score (nSPS) is 6.00. The van der Waals surface area contributed by atoms with Crippen LogP contribution in [0.3, 0.4) is 0 Å². The van der Waals surface area contributed by atoms with E-state index in [4.69, 9.17) is 0 Å². The van der Waals surface area contributed by atoms with E-state index in [1.54, 1.807) is 7.11 Å². The van der Waals surface area contributed by atoms with Gasteiger partial charge < -0.3 is 6.16 Å². The van der Waals surface area contributed by atoms with Gasteiger partial charge in [-0.3, -0.25) is 0 Å². The van der Waals surface area contributed by atoms with Crippen molar-refractivity contribution in [3.8, 4) is 0 Å². The van der Waals surface area contributed by atoms with Gasteiger partial charge in [0.25, 0.3) is 0 Å². The molecule has 0 rings (SSSR count). The first-order valence-electron chi connectivity index (χ1n) is 1.40. The maximum absolute atomic E-state index is 4.54. The van der Waals surface area contributed by atoms with E-state index in [-0.39, 0.29) is 31.0 Å². The molecule has 0 N–H and O–H groups in total. The van der Waals surface area contributed by atoms with Gasteiger partial charge in [0.1, 0.15) is 0 Å². The van der Waals surface area contributed by atoms with Crippen LogP contribution in [0.15, 0.2) is 0 Å². The molecule has 0 saturated carbocycles. The molecule has 0 aliphatic rings. The molecule has 2 heteroatoms. The standard InChI is InChI=1S/C3H8O.Na.H/c1-3-4-2;;/h3H2,1-2H3;;/q;+1;-1. The van der Waals surface area contributed by atoms with E-state index in [0.717, 1.165) is 6.61 Å². The molecule has 0 heterocycles. The zero-order chi connectivity index (χ0) is 3.41. The van der Waals surface area contributed by atoms with Crippen LogP contribution in [0.5, 0.6) is 0 Å². The van der Waals surface area contributed by atoms with Crippen molar-refractivity contribution in [2.24, 2.45) is 0 Å². The van der Waals surface area contributed by atoms with Crippen LogP contribution in [0.25, 0.3) is 0 Å². The third-order valence-electron chi connectivity index (χ3n) is 0.289. The average Bonchev–Trinajstić information content (AvgIpc) is 1.37. The first-order chi connectivity index (χ1) is 1.91. The Labute approximate surface area is 56.5 Å². The Morgan fingerprint density at radius 2 is 2.00 bits per heavy atom. The van der Waals surface area contributed by atoms with E-state index in [1.807, 2.05) is 6.92 Å². The first kappa shape index (κ1) is 9.35. The Morgan fingerprint density at radius 1 is 1.80 bits per heavy atom. The predicted octanol–water partition coefficient (Wildman–Crippen LogP) is -2.23. The minimum Gasteiger partial charge on any atom is -1.00 e. The molecular weight excluding hydrogens is 75.0 g/mol. The molecule has 0 aromatic heterocycles. The zero-order valence-corrected chi connectivity index (χ0v) is 6.12. The van der Waals surface area contributed by atoms with Crippen LogP contribution < -0.4 is 29.6 Å². The van der Waals surface area contributed by atoms with E-state index in [9.17, 15) is 0 Å². The molecule has 0 aliphatic heterocycles. The number of methoxy groups -OCH3 is 1. The number of hydrogen-bond donors (Lipinski definition) is 0. The van der Waals surface area contributed by atoms with E-state index >= 15 is 0 Å². The Kier molecular flexibility index (Phi) is 16.6. The predicted molar refractivity (Wildman–Crippen MR) is 18.7 cm³/mol. The third-order valence-corrected chi connectivity index (χ3v) is 0.289. The molecule has 0 bridgehead atoms. The van der Waals surface area contributed by atoms with Crippen molar-refractivity contribution in [1.29, 1.82) is 0 Å². The summed E-state index contributed by atoms with van der Waals surface area (Å²) >= 11 is 0. The Hall–Kier alpha value is 0.960. The van der Waals surface area contributed by atoms with Crippen LogP contribution in [0.1, 0.15) is 8.35 Å². The summed E-state index contributed by atoms with van der Waals surface area (Å²) in [6.45, 7) is 2.78. The van der Waals surface area contributed by atoms with Crippen LogP contribution in [0, 0.1) is 0 Å². The van der Waals surface area contributed by atoms with Crippen LogP contribution in [-0.4, -0.2) is 13.7 Å². The summed E-state index contributed by atoms with van der Waals surface area (Å²) in [4.78, 5) is 0. The Morgan fingerprint density at radius 3 is 2.00 bits per heavy atom. The molecule has 0 atom stereocenters. The maximum atomic E-state index is 4.54. The summed E-state index contributed by atoms with van der Waals surface area (Å²) in [5.74, 6) is 0. The van der Waals surface area contributed by atoms with Crippen LogP contribution in [0.4, 0.5) is 0 Å². The molecule has 28 valence electrons. The molecule has 0 radical (unpaired) electrons. The van der Waals surface area contributed by atoms with Crippen molar-refractivity contribution in [1.82, 2.24) is 0 Å². The molecule has 0 saturated heterocycles. The molecule has 0 unspecified atom stereocenters. The van der Waals surface area contributed by atoms with Crippen molar-refractivity contribution < 1.29 is 35.7 Å². The molecule has 0 amide bonds.